The molecule has 2 unspecified atom stereocenters. The molecule has 17 heavy (non-hydrogen) atoms. The standard InChI is InChI=1S/C13H21N3O/c1-4-8(2)9(3)16-12-7-10(14)5-6-11(12)13(15)17/h5-9,16H,4,14H2,1-3H3,(H2,15,17). The van der Waals surface area contributed by atoms with Crippen LogP contribution in [0, 0.1) is 5.92 Å². The highest BCUT2D eigenvalue weighted by atomic mass is 16.1. The molecule has 0 radical (unpaired) electrons. The van der Waals surface area contributed by atoms with E-state index >= 15 is 0 Å². The van der Waals surface area contributed by atoms with Crippen LogP contribution in [0.1, 0.15) is 37.6 Å². The third kappa shape index (κ3) is 3.37. The summed E-state index contributed by atoms with van der Waals surface area (Å²) in [6, 6.07) is 5.35. The second-order valence-corrected chi connectivity index (χ2v) is 4.49. The lowest BCUT2D eigenvalue weighted by molar-refractivity contribution is 0.100. The predicted octanol–water partition coefficient (Wildman–Crippen LogP) is 2.21. The smallest absolute Gasteiger partial charge is 0.250 e. The Morgan fingerprint density at radius 3 is 2.59 bits per heavy atom. The second kappa shape index (κ2) is 5.57. The predicted molar refractivity (Wildman–Crippen MR) is 71.9 cm³/mol. The van der Waals surface area contributed by atoms with E-state index < -0.39 is 5.91 Å². The van der Waals surface area contributed by atoms with Gasteiger partial charge in [0.05, 0.1) is 5.56 Å². The first-order valence-corrected chi connectivity index (χ1v) is 5.91. The van der Waals surface area contributed by atoms with Crippen molar-refractivity contribution in [2.24, 2.45) is 11.7 Å². The minimum absolute atomic E-state index is 0.264. The fourth-order valence-corrected chi connectivity index (χ4v) is 1.64. The van der Waals surface area contributed by atoms with Gasteiger partial charge in [-0.1, -0.05) is 20.3 Å². The van der Waals surface area contributed by atoms with E-state index in [2.05, 4.69) is 26.1 Å². The summed E-state index contributed by atoms with van der Waals surface area (Å²) in [5.41, 5.74) is 12.9. The first-order valence-electron chi connectivity index (χ1n) is 5.91. The first-order chi connectivity index (χ1) is 7.95. The van der Waals surface area contributed by atoms with Gasteiger partial charge >= 0.3 is 0 Å². The Bertz CT molecular complexity index is 404. The van der Waals surface area contributed by atoms with Crippen LogP contribution in [0.25, 0.3) is 0 Å². The highest BCUT2D eigenvalue weighted by Gasteiger charge is 2.14. The van der Waals surface area contributed by atoms with E-state index in [1.807, 2.05) is 0 Å². The van der Waals surface area contributed by atoms with Gasteiger partial charge in [-0.05, 0) is 31.0 Å². The molecule has 0 heterocycles. The number of benzene rings is 1. The van der Waals surface area contributed by atoms with Crippen LogP contribution in [-0.4, -0.2) is 11.9 Å². The normalized spacial score (nSPS) is 14.1. The maximum Gasteiger partial charge on any atom is 0.250 e. The maximum atomic E-state index is 11.3. The molecule has 4 nitrogen and oxygen atoms in total. The molecule has 5 N–H and O–H groups in total. The Kier molecular flexibility index (Phi) is 4.37. The molecule has 1 aromatic rings. The number of hydrogen-bond donors (Lipinski definition) is 3. The van der Waals surface area contributed by atoms with Crippen LogP contribution in [0.15, 0.2) is 18.2 Å². The highest BCUT2D eigenvalue weighted by molar-refractivity contribution is 5.99. The topological polar surface area (TPSA) is 81.1 Å². The van der Waals surface area contributed by atoms with Crippen LogP contribution >= 0.6 is 0 Å². The quantitative estimate of drug-likeness (QED) is 0.684. The summed E-state index contributed by atoms with van der Waals surface area (Å²) >= 11 is 0. The summed E-state index contributed by atoms with van der Waals surface area (Å²) in [4.78, 5) is 11.3. The first kappa shape index (κ1) is 13.4. The maximum absolute atomic E-state index is 11.3. The average Bonchev–Trinajstić information content (AvgIpc) is 2.27. The molecule has 0 saturated heterocycles. The number of carbonyl (C=O) groups excluding carboxylic acids is 1. The molecule has 1 amide bonds. The summed E-state index contributed by atoms with van der Waals surface area (Å²) in [5, 5.41) is 3.30. The molecule has 0 aliphatic heterocycles. The van der Waals surface area contributed by atoms with Crippen molar-refractivity contribution < 1.29 is 4.79 Å². The fourth-order valence-electron chi connectivity index (χ4n) is 1.64. The Balaban J connectivity index is 2.96. The molecular formula is C13H21N3O. The van der Waals surface area contributed by atoms with Crippen molar-refractivity contribution in [3.8, 4) is 0 Å². The number of amides is 1. The molecule has 0 fully saturated rings. The number of nitrogens with one attached hydrogen (secondary N) is 1. The zero-order valence-electron chi connectivity index (χ0n) is 10.7. The van der Waals surface area contributed by atoms with Gasteiger partial charge in [-0.2, -0.15) is 0 Å². The number of hydrogen-bond acceptors (Lipinski definition) is 3. The summed E-state index contributed by atoms with van der Waals surface area (Å²) in [6.07, 6.45) is 1.07. The van der Waals surface area contributed by atoms with Gasteiger partial charge in [-0.25, -0.2) is 0 Å². The van der Waals surface area contributed by atoms with Gasteiger partial charge in [0.15, 0.2) is 0 Å². The summed E-state index contributed by atoms with van der Waals surface area (Å²) < 4.78 is 0. The van der Waals surface area contributed by atoms with Crippen molar-refractivity contribution in [1.82, 2.24) is 0 Å². The SMILES string of the molecule is CCC(C)C(C)Nc1cc(N)ccc1C(N)=O. The molecule has 2 atom stereocenters. The number of anilines is 2. The lowest BCUT2D eigenvalue weighted by Gasteiger charge is -2.22. The molecule has 0 aliphatic rings. The van der Waals surface area contributed by atoms with Crippen LogP contribution < -0.4 is 16.8 Å². The molecule has 0 spiro atoms. The minimum atomic E-state index is -0.441. The Morgan fingerprint density at radius 2 is 2.06 bits per heavy atom. The molecule has 0 bridgehead atoms. The van der Waals surface area contributed by atoms with Crippen LogP contribution in [-0.2, 0) is 0 Å². The van der Waals surface area contributed by atoms with E-state index in [1.165, 1.54) is 0 Å². The molecule has 0 aliphatic carbocycles. The van der Waals surface area contributed by atoms with Crippen molar-refractivity contribution in [2.45, 2.75) is 33.2 Å². The molecular weight excluding hydrogens is 214 g/mol. The number of rotatable bonds is 5. The number of carbonyl (C=O) groups is 1. The van der Waals surface area contributed by atoms with E-state index in [4.69, 9.17) is 11.5 Å². The summed E-state index contributed by atoms with van der Waals surface area (Å²) in [7, 11) is 0. The van der Waals surface area contributed by atoms with Gasteiger partial charge in [0.2, 0.25) is 0 Å². The molecule has 4 heteroatoms. The van der Waals surface area contributed by atoms with Gasteiger partial charge in [0, 0.05) is 17.4 Å². The van der Waals surface area contributed by atoms with E-state index in [9.17, 15) is 4.79 Å². The second-order valence-electron chi connectivity index (χ2n) is 4.49. The Hall–Kier alpha value is -1.71. The van der Waals surface area contributed by atoms with Crippen molar-refractivity contribution in [1.29, 1.82) is 0 Å². The van der Waals surface area contributed by atoms with E-state index in [0.29, 0.717) is 22.9 Å². The van der Waals surface area contributed by atoms with Gasteiger partial charge < -0.3 is 16.8 Å². The number of nitrogens with two attached hydrogens (primary N) is 2. The fraction of sp³-hybridized carbons (Fsp3) is 0.462. The molecule has 1 aromatic carbocycles. The van der Waals surface area contributed by atoms with E-state index in [0.717, 1.165) is 6.42 Å². The van der Waals surface area contributed by atoms with Gasteiger partial charge in [0.25, 0.3) is 5.91 Å². The molecule has 0 aromatic heterocycles. The van der Waals surface area contributed by atoms with Crippen molar-refractivity contribution in [2.75, 3.05) is 11.1 Å². The minimum Gasteiger partial charge on any atom is -0.399 e. The zero-order valence-corrected chi connectivity index (χ0v) is 10.7. The van der Waals surface area contributed by atoms with E-state index in [1.54, 1.807) is 18.2 Å². The highest BCUT2D eigenvalue weighted by Crippen LogP contribution is 2.22. The van der Waals surface area contributed by atoms with Crippen molar-refractivity contribution in [3.05, 3.63) is 23.8 Å². The number of nitrogen functional groups attached to an aromatic ring is 1. The molecule has 0 saturated carbocycles. The largest absolute Gasteiger partial charge is 0.399 e. The number of primary amides is 1. The Morgan fingerprint density at radius 1 is 1.41 bits per heavy atom. The van der Waals surface area contributed by atoms with Crippen molar-refractivity contribution in [3.63, 3.8) is 0 Å². The average molecular weight is 235 g/mol. The summed E-state index contributed by atoms with van der Waals surface area (Å²) in [6.45, 7) is 6.38. The monoisotopic (exact) mass is 235 g/mol. The molecule has 1 rings (SSSR count). The summed E-state index contributed by atoms with van der Waals surface area (Å²) in [5.74, 6) is 0.0704. The van der Waals surface area contributed by atoms with Crippen molar-refractivity contribution >= 4 is 17.3 Å². The third-order valence-electron chi connectivity index (χ3n) is 3.19. The lowest BCUT2D eigenvalue weighted by atomic mass is 10.00. The molecule has 94 valence electrons. The zero-order chi connectivity index (χ0) is 13.0. The van der Waals surface area contributed by atoms with Gasteiger partial charge in [-0.3, -0.25) is 4.79 Å². The third-order valence-corrected chi connectivity index (χ3v) is 3.19. The van der Waals surface area contributed by atoms with Gasteiger partial charge in [0.1, 0.15) is 0 Å². The lowest BCUT2D eigenvalue weighted by Crippen LogP contribution is -2.25. The van der Waals surface area contributed by atoms with Crippen LogP contribution in [0.5, 0.6) is 0 Å². The van der Waals surface area contributed by atoms with Gasteiger partial charge in [-0.15, -0.1) is 0 Å². The van der Waals surface area contributed by atoms with E-state index in [-0.39, 0.29) is 6.04 Å². The van der Waals surface area contributed by atoms with Crippen LogP contribution in [0.4, 0.5) is 11.4 Å². The Labute approximate surface area is 102 Å². The van der Waals surface area contributed by atoms with Crippen LogP contribution in [0.2, 0.25) is 0 Å². The van der Waals surface area contributed by atoms with Crippen LogP contribution in [0.3, 0.4) is 0 Å².